The van der Waals surface area contributed by atoms with Gasteiger partial charge in [-0.05, 0) is 54.1 Å². The largest absolute Gasteiger partial charge is 0.416 e. The van der Waals surface area contributed by atoms with Gasteiger partial charge in [0.25, 0.3) is 0 Å². The highest BCUT2D eigenvalue weighted by Crippen LogP contribution is 2.31. The second kappa shape index (κ2) is 11.2. The van der Waals surface area contributed by atoms with Crippen LogP contribution in [0, 0.1) is 0 Å². The second-order valence-electron chi connectivity index (χ2n) is 10.5. The van der Waals surface area contributed by atoms with E-state index in [2.05, 4.69) is 25.5 Å². The smallest absolute Gasteiger partial charge is 0.378 e. The van der Waals surface area contributed by atoms with Crippen molar-refractivity contribution in [1.82, 2.24) is 29.1 Å². The molecule has 3 aromatic carbocycles. The van der Waals surface area contributed by atoms with Crippen molar-refractivity contribution in [3.8, 4) is 0 Å². The molecule has 6 aromatic rings. The van der Waals surface area contributed by atoms with Crippen LogP contribution < -0.4 is 15.5 Å². The van der Waals surface area contributed by atoms with Gasteiger partial charge in [-0.2, -0.15) is 23.1 Å². The number of halogens is 3. The van der Waals surface area contributed by atoms with Crippen LogP contribution >= 0.6 is 0 Å². The molecule has 0 radical (unpaired) electrons. The molecule has 0 aliphatic carbocycles. The summed E-state index contributed by atoms with van der Waals surface area (Å²) in [5.74, 6) is 1.32. The van der Waals surface area contributed by atoms with E-state index >= 15 is 0 Å². The van der Waals surface area contributed by atoms with Gasteiger partial charge >= 0.3 is 6.18 Å². The summed E-state index contributed by atoms with van der Waals surface area (Å²) in [7, 11) is 1.90. The van der Waals surface area contributed by atoms with E-state index in [-0.39, 0.29) is 12.5 Å². The van der Waals surface area contributed by atoms with Gasteiger partial charge in [0.05, 0.1) is 42.7 Å². The average Bonchev–Trinajstić information content (AvgIpc) is 3.58. The Morgan fingerprint density at radius 3 is 2.34 bits per heavy atom. The Kier molecular flexibility index (Phi) is 7.01. The Labute approximate surface area is 250 Å². The molecule has 224 valence electrons. The van der Waals surface area contributed by atoms with Crippen molar-refractivity contribution in [3.63, 3.8) is 0 Å². The molecule has 0 atom stereocenters. The highest BCUT2D eigenvalue weighted by Gasteiger charge is 2.30. The summed E-state index contributed by atoms with van der Waals surface area (Å²) < 4.78 is 48.5. The first-order valence-electron chi connectivity index (χ1n) is 14.1. The predicted molar refractivity (Wildman–Crippen MR) is 163 cm³/mol. The van der Waals surface area contributed by atoms with Crippen molar-refractivity contribution in [3.05, 3.63) is 90.3 Å². The molecular weight excluding hydrogens is 571 g/mol. The van der Waals surface area contributed by atoms with Gasteiger partial charge in [0, 0.05) is 31.5 Å². The van der Waals surface area contributed by atoms with Gasteiger partial charge < -0.3 is 24.1 Å². The van der Waals surface area contributed by atoms with E-state index in [1.165, 1.54) is 12.1 Å². The summed E-state index contributed by atoms with van der Waals surface area (Å²) >= 11 is 0. The molecule has 1 fully saturated rings. The van der Waals surface area contributed by atoms with Crippen LogP contribution in [-0.4, -0.2) is 55.4 Å². The van der Waals surface area contributed by atoms with E-state index in [1.54, 1.807) is 10.9 Å². The van der Waals surface area contributed by atoms with Crippen LogP contribution in [0.25, 0.3) is 22.2 Å². The van der Waals surface area contributed by atoms with Crippen LogP contribution in [0.15, 0.2) is 79.1 Å². The third-order valence-electron chi connectivity index (χ3n) is 7.62. The lowest BCUT2D eigenvalue weighted by atomic mass is 10.1. The quantitative estimate of drug-likeness (QED) is 0.227. The molecule has 2 N–H and O–H groups in total. The lowest BCUT2D eigenvalue weighted by molar-refractivity contribution is -0.137. The van der Waals surface area contributed by atoms with Crippen LogP contribution in [0.2, 0.25) is 0 Å². The minimum absolute atomic E-state index is 0.269. The monoisotopic (exact) mass is 599 g/mol. The number of benzene rings is 3. The topological polar surface area (TPSA) is 98.0 Å². The van der Waals surface area contributed by atoms with Crippen LogP contribution in [0.4, 0.5) is 42.3 Å². The minimum Gasteiger partial charge on any atom is -0.378 e. The molecule has 44 heavy (non-hydrogen) atoms. The van der Waals surface area contributed by atoms with Gasteiger partial charge in [0.1, 0.15) is 0 Å². The molecule has 1 saturated heterocycles. The second-order valence-corrected chi connectivity index (χ2v) is 10.5. The van der Waals surface area contributed by atoms with Crippen molar-refractivity contribution in [2.45, 2.75) is 12.7 Å². The number of morpholine rings is 1. The normalized spacial score (nSPS) is 14.0. The number of hydrogen-bond acceptors (Lipinski definition) is 8. The van der Waals surface area contributed by atoms with Gasteiger partial charge in [-0.1, -0.05) is 24.3 Å². The third kappa shape index (κ3) is 5.49. The lowest BCUT2D eigenvalue weighted by Gasteiger charge is -2.28. The predicted octanol–water partition coefficient (Wildman–Crippen LogP) is 6.10. The van der Waals surface area contributed by atoms with E-state index < -0.39 is 11.7 Å². The first-order chi connectivity index (χ1) is 21.3. The number of imidazole rings is 2. The van der Waals surface area contributed by atoms with Crippen molar-refractivity contribution >= 4 is 51.3 Å². The number of aromatic nitrogens is 6. The maximum absolute atomic E-state index is 13.1. The molecule has 0 amide bonds. The Hall–Kier alpha value is -5.17. The Balaban J connectivity index is 1.23. The molecular formula is C31H28F3N9O. The van der Waals surface area contributed by atoms with E-state index in [0.29, 0.717) is 41.7 Å². The summed E-state index contributed by atoms with van der Waals surface area (Å²) in [6.45, 7) is 3.36. The summed E-state index contributed by atoms with van der Waals surface area (Å²) in [6, 6.07) is 20.9. The van der Waals surface area contributed by atoms with E-state index in [9.17, 15) is 13.2 Å². The van der Waals surface area contributed by atoms with Crippen molar-refractivity contribution in [2.75, 3.05) is 41.8 Å². The number of nitrogens with zero attached hydrogens (tertiary/aromatic N) is 7. The average molecular weight is 600 g/mol. The fourth-order valence-electron chi connectivity index (χ4n) is 5.27. The summed E-state index contributed by atoms with van der Waals surface area (Å²) in [5, 5.41) is 6.63. The number of rotatable bonds is 7. The van der Waals surface area contributed by atoms with Gasteiger partial charge in [0.15, 0.2) is 17.0 Å². The lowest BCUT2D eigenvalue weighted by Crippen LogP contribution is -2.36. The van der Waals surface area contributed by atoms with Crippen LogP contribution in [-0.2, 0) is 24.5 Å². The number of para-hydroxylation sites is 2. The molecule has 13 heteroatoms. The van der Waals surface area contributed by atoms with Crippen LogP contribution in [0.1, 0.15) is 11.1 Å². The van der Waals surface area contributed by atoms with Crippen LogP contribution in [0.3, 0.4) is 0 Å². The Morgan fingerprint density at radius 1 is 0.864 bits per heavy atom. The molecule has 4 heterocycles. The zero-order valence-corrected chi connectivity index (χ0v) is 23.7. The molecule has 0 unspecified atom stereocenters. The first-order valence-corrected chi connectivity index (χ1v) is 14.1. The fourth-order valence-corrected chi connectivity index (χ4v) is 5.27. The third-order valence-corrected chi connectivity index (χ3v) is 7.62. The van der Waals surface area contributed by atoms with E-state index in [0.717, 1.165) is 47.6 Å². The summed E-state index contributed by atoms with van der Waals surface area (Å²) in [5.41, 5.74) is 4.70. The van der Waals surface area contributed by atoms with Crippen molar-refractivity contribution < 1.29 is 17.9 Å². The molecule has 7 rings (SSSR count). The highest BCUT2D eigenvalue weighted by atomic mass is 19.4. The highest BCUT2D eigenvalue weighted by molar-refractivity contribution is 5.87. The van der Waals surface area contributed by atoms with Gasteiger partial charge in [-0.15, -0.1) is 0 Å². The molecule has 0 spiro atoms. The number of ether oxygens (including phenoxy) is 1. The first kappa shape index (κ1) is 27.7. The molecule has 1 aliphatic heterocycles. The number of hydrogen-bond donors (Lipinski definition) is 2. The van der Waals surface area contributed by atoms with E-state index in [4.69, 9.17) is 14.7 Å². The zero-order chi connectivity index (χ0) is 30.3. The summed E-state index contributed by atoms with van der Waals surface area (Å²) in [6.07, 6.45) is -2.78. The number of alkyl halides is 3. The van der Waals surface area contributed by atoms with Crippen molar-refractivity contribution in [2.24, 2.45) is 7.05 Å². The fraction of sp³-hybridized carbons (Fsp3) is 0.226. The van der Waals surface area contributed by atoms with E-state index in [1.807, 2.05) is 60.1 Å². The number of fused-ring (bicyclic) bond motifs is 2. The maximum Gasteiger partial charge on any atom is 0.416 e. The molecule has 1 aliphatic rings. The summed E-state index contributed by atoms with van der Waals surface area (Å²) in [4.78, 5) is 21.1. The number of anilines is 5. The van der Waals surface area contributed by atoms with Crippen molar-refractivity contribution in [1.29, 1.82) is 0 Å². The maximum atomic E-state index is 13.1. The Morgan fingerprint density at radius 2 is 1.61 bits per heavy atom. The SMILES string of the molecule is Cn1c(Nc2nc(Nc3ccc(N4CCOCC4)cc3)c3ncn(Cc4ccc(C(F)(F)F)cc4)c3n2)nc2ccccc21. The Bertz CT molecular complexity index is 1930. The molecule has 3 aromatic heterocycles. The van der Waals surface area contributed by atoms with Gasteiger partial charge in [0.2, 0.25) is 11.9 Å². The van der Waals surface area contributed by atoms with Gasteiger partial charge in [-0.3, -0.25) is 5.32 Å². The zero-order valence-electron chi connectivity index (χ0n) is 23.7. The number of nitrogens with one attached hydrogen (secondary N) is 2. The minimum atomic E-state index is -4.40. The molecule has 0 saturated carbocycles. The van der Waals surface area contributed by atoms with Gasteiger partial charge in [-0.25, -0.2) is 9.97 Å². The van der Waals surface area contributed by atoms with Crippen LogP contribution in [0.5, 0.6) is 0 Å². The standard InChI is InChI=1S/C31H28F3N9O/c1-41-25-5-3-2-4-24(25)37-30(41)40-29-38-27(36-22-10-12-23(13-11-22)42-14-16-44-17-15-42)26-28(39-29)43(19-35-26)18-20-6-8-21(9-7-20)31(32,33)34/h2-13,19H,14-18H2,1H3,(H2,36,37,38,39,40). The molecule has 10 nitrogen and oxygen atoms in total. The molecule has 0 bridgehead atoms. The number of aryl methyl sites for hydroxylation is 1.